The van der Waals surface area contributed by atoms with Gasteiger partial charge in [0.05, 0.1) is 35.1 Å². The van der Waals surface area contributed by atoms with Crippen LogP contribution in [-0.2, 0) is 39.6 Å². The van der Waals surface area contributed by atoms with Crippen LogP contribution in [0.3, 0.4) is 0 Å². The van der Waals surface area contributed by atoms with Crippen LogP contribution in [0.5, 0.6) is 0 Å². The fourth-order valence-electron chi connectivity index (χ4n) is 5.36. The number of nitrogens with one attached hydrogen (secondary N) is 2. The molecule has 1 fully saturated rings. The van der Waals surface area contributed by atoms with Gasteiger partial charge in [-0.05, 0) is 36.6 Å². The second-order valence-electron chi connectivity index (χ2n) is 9.63. The van der Waals surface area contributed by atoms with Gasteiger partial charge in [0.2, 0.25) is 5.91 Å². The van der Waals surface area contributed by atoms with E-state index in [1.54, 1.807) is 37.7 Å². The Labute approximate surface area is 215 Å². The maximum atomic E-state index is 14.6. The lowest BCUT2D eigenvalue weighted by atomic mass is 9.86. The van der Waals surface area contributed by atoms with Gasteiger partial charge in [0.25, 0.3) is 5.56 Å². The highest BCUT2D eigenvalue weighted by Crippen LogP contribution is 2.40. The van der Waals surface area contributed by atoms with E-state index < -0.39 is 17.4 Å². The Morgan fingerprint density at radius 3 is 2.89 bits per heavy atom. The van der Waals surface area contributed by atoms with Crippen molar-refractivity contribution in [2.24, 2.45) is 0 Å². The molecular weight excluding hydrogens is 499 g/mol. The molecule has 192 valence electrons. The van der Waals surface area contributed by atoms with Crippen molar-refractivity contribution < 1.29 is 23.8 Å². The number of carbonyl (C=O) groups is 2. The third-order valence-corrected chi connectivity index (χ3v) is 8.50. The van der Waals surface area contributed by atoms with E-state index in [1.807, 2.05) is 0 Å². The average molecular weight is 525 g/mol. The molecule has 3 aliphatic heterocycles. The number of pyridine rings is 2. The first-order valence-corrected chi connectivity index (χ1v) is 13.3. The number of hydrogen-bond acceptors (Lipinski definition) is 8. The van der Waals surface area contributed by atoms with E-state index in [1.165, 1.54) is 10.6 Å². The number of cyclic esters (lactones) is 1. The fraction of sp³-hybridized carbons (Fsp3) is 0.385. The SMILES string of the molecule is CC[C@@]1(O)C(=O)OCc2c1cc1n(c2=O)Cc2c-1nc1cc(F)c(C)cc1c2CNC(=O)[C@@H]1CSCN1. The quantitative estimate of drug-likeness (QED) is 0.346. The number of amides is 1. The van der Waals surface area contributed by atoms with E-state index in [0.29, 0.717) is 39.5 Å². The standard InChI is InChI=1S/C26H25FN4O5S/c1-3-26(35)17-5-21-22-15(8-31(21)24(33)16(17)9-36-25(26)34)14(7-28-23(32)20-10-37-11-29-20)13-4-12(2)18(27)6-19(13)30-22/h4-6,20,29,35H,3,7-11H2,1-2H3,(H,28,32)/t20-,26-/m0/s1. The van der Waals surface area contributed by atoms with E-state index >= 15 is 0 Å². The van der Waals surface area contributed by atoms with E-state index in [-0.39, 0.29) is 54.8 Å². The summed E-state index contributed by atoms with van der Waals surface area (Å²) in [5.41, 5.74) is 1.36. The predicted molar refractivity (Wildman–Crippen MR) is 135 cm³/mol. The van der Waals surface area contributed by atoms with Gasteiger partial charge in [0.1, 0.15) is 12.4 Å². The highest BCUT2D eigenvalue weighted by molar-refractivity contribution is 7.99. The van der Waals surface area contributed by atoms with Crippen molar-refractivity contribution in [2.45, 2.75) is 51.6 Å². The number of thioether (sulfide) groups is 1. The van der Waals surface area contributed by atoms with Crippen molar-refractivity contribution in [2.75, 3.05) is 11.6 Å². The second kappa shape index (κ2) is 8.64. The maximum Gasteiger partial charge on any atom is 0.343 e. The van der Waals surface area contributed by atoms with Gasteiger partial charge in [0, 0.05) is 40.8 Å². The summed E-state index contributed by atoms with van der Waals surface area (Å²) < 4.78 is 21.2. The van der Waals surface area contributed by atoms with Gasteiger partial charge in [-0.25, -0.2) is 14.2 Å². The van der Waals surface area contributed by atoms with E-state index in [9.17, 15) is 23.9 Å². The third kappa shape index (κ3) is 3.59. The lowest BCUT2D eigenvalue weighted by Gasteiger charge is -2.31. The fourth-order valence-corrected chi connectivity index (χ4v) is 6.30. The number of aliphatic hydroxyl groups is 1. The summed E-state index contributed by atoms with van der Waals surface area (Å²) in [4.78, 5) is 43.5. The first kappa shape index (κ1) is 24.1. The summed E-state index contributed by atoms with van der Waals surface area (Å²) in [5, 5.41) is 17.9. The van der Waals surface area contributed by atoms with Crippen LogP contribution in [0, 0.1) is 12.7 Å². The highest BCUT2D eigenvalue weighted by Gasteiger charge is 2.45. The number of halogens is 1. The number of fused-ring (bicyclic) bond motifs is 5. The normalized spacial score (nSPS) is 21.9. The number of benzene rings is 1. The zero-order valence-electron chi connectivity index (χ0n) is 20.3. The van der Waals surface area contributed by atoms with Gasteiger partial charge < -0.3 is 19.7 Å². The van der Waals surface area contributed by atoms with Gasteiger partial charge >= 0.3 is 5.97 Å². The average Bonchev–Trinajstić information content (AvgIpc) is 3.54. The molecule has 0 radical (unpaired) electrons. The minimum absolute atomic E-state index is 0.0367. The van der Waals surface area contributed by atoms with Crippen molar-refractivity contribution in [3.63, 3.8) is 0 Å². The Kier molecular flexibility index (Phi) is 5.62. The molecule has 3 N–H and O–H groups in total. The molecule has 0 spiro atoms. The number of carbonyl (C=O) groups excluding carboxylic acids is 2. The lowest BCUT2D eigenvalue weighted by molar-refractivity contribution is -0.172. The first-order chi connectivity index (χ1) is 17.7. The predicted octanol–water partition coefficient (Wildman–Crippen LogP) is 1.81. The number of esters is 1. The van der Waals surface area contributed by atoms with Crippen LogP contribution >= 0.6 is 11.8 Å². The van der Waals surface area contributed by atoms with E-state index in [0.717, 1.165) is 11.1 Å². The molecule has 0 aliphatic carbocycles. The number of aryl methyl sites for hydroxylation is 1. The highest BCUT2D eigenvalue weighted by atomic mass is 32.2. The van der Waals surface area contributed by atoms with Crippen molar-refractivity contribution in [3.8, 4) is 11.4 Å². The second-order valence-corrected chi connectivity index (χ2v) is 10.7. The molecule has 3 aliphatic rings. The first-order valence-electron chi connectivity index (χ1n) is 12.1. The number of rotatable bonds is 4. The van der Waals surface area contributed by atoms with Gasteiger partial charge in [0.15, 0.2) is 5.60 Å². The summed E-state index contributed by atoms with van der Waals surface area (Å²) in [6.45, 7) is 3.46. The minimum Gasteiger partial charge on any atom is -0.458 e. The maximum absolute atomic E-state index is 14.6. The van der Waals surface area contributed by atoms with Gasteiger partial charge in [-0.1, -0.05) is 6.92 Å². The van der Waals surface area contributed by atoms with Gasteiger partial charge in [-0.2, -0.15) is 0 Å². The smallest absolute Gasteiger partial charge is 0.343 e. The molecule has 2 aromatic heterocycles. The summed E-state index contributed by atoms with van der Waals surface area (Å²) in [6.07, 6.45) is 0.0367. The summed E-state index contributed by atoms with van der Waals surface area (Å²) in [7, 11) is 0. The van der Waals surface area contributed by atoms with Crippen molar-refractivity contribution >= 4 is 34.5 Å². The molecule has 2 atom stereocenters. The molecule has 1 saturated heterocycles. The third-order valence-electron chi connectivity index (χ3n) is 7.56. The van der Waals surface area contributed by atoms with Crippen LogP contribution in [0.15, 0.2) is 23.0 Å². The van der Waals surface area contributed by atoms with Crippen molar-refractivity contribution in [3.05, 3.63) is 62.2 Å². The van der Waals surface area contributed by atoms with E-state index in [4.69, 9.17) is 9.72 Å². The van der Waals surface area contributed by atoms with Crippen LogP contribution < -0.4 is 16.2 Å². The molecule has 3 aromatic rings. The van der Waals surface area contributed by atoms with Crippen LogP contribution in [0.4, 0.5) is 4.39 Å². The molecule has 1 amide bonds. The molecule has 9 nitrogen and oxygen atoms in total. The lowest BCUT2D eigenvalue weighted by Crippen LogP contribution is -2.44. The molecule has 1 aromatic carbocycles. The van der Waals surface area contributed by atoms with Crippen LogP contribution in [0.2, 0.25) is 0 Å². The Bertz CT molecular complexity index is 1570. The zero-order chi connectivity index (χ0) is 26.1. The molecular formula is C26H25FN4O5S. The van der Waals surface area contributed by atoms with Crippen LogP contribution in [-0.4, -0.2) is 44.2 Å². The van der Waals surface area contributed by atoms with Gasteiger partial charge in [-0.15, -0.1) is 11.8 Å². The van der Waals surface area contributed by atoms with Crippen LogP contribution in [0.25, 0.3) is 22.3 Å². The number of hydrogen-bond donors (Lipinski definition) is 3. The number of nitrogens with zero attached hydrogens (tertiary/aromatic N) is 2. The zero-order valence-corrected chi connectivity index (χ0v) is 21.1. The number of aromatic nitrogens is 2. The molecule has 0 saturated carbocycles. The monoisotopic (exact) mass is 524 g/mol. The van der Waals surface area contributed by atoms with Crippen molar-refractivity contribution in [1.29, 1.82) is 0 Å². The Morgan fingerprint density at radius 2 is 2.16 bits per heavy atom. The molecule has 0 bridgehead atoms. The van der Waals surface area contributed by atoms with Crippen LogP contribution in [0.1, 0.15) is 41.2 Å². The van der Waals surface area contributed by atoms with Crippen molar-refractivity contribution in [1.82, 2.24) is 20.2 Å². The minimum atomic E-state index is -1.94. The Hall–Kier alpha value is -3.28. The number of ether oxygens (including phenoxy) is 1. The molecule has 0 unspecified atom stereocenters. The Morgan fingerprint density at radius 1 is 1.35 bits per heavy atom. The molecule has 37 heavy (non-hydrogen) atoms. The van der Waals surface area contributed by atoms with E-state index in [2.05, 4.69) is 10.6 Å². The Balaban J connectivity index is 1.53. The molecule has 11 heteroatoms. The largest absolute Gasteiger partial charge is 0.458 e. The summed E-state index contributed by atoms with van der Waals surface area (Å²) in [6, 6.07) is 4.39. The summed E-state index contributed by atoms with van der Waals surface area (Å²) in [5.74, 6) is 0.0546. The summed E-state index contributed by atoms with van der Waals surface area (Å²) >= 11 is 1.65. The molecule has 6 rings (SSSR count). The molecule has 5 heterocycles. The van der Waals surface area contributed by atoms with Gasteiger partial charge in [-0.3, -0.25) is 14.9 Å². The topological polar surface area (TPSA) is 123 Å².